The Labute approximate surface area is 57.0 Å². The molecule has 1 aliphatic heterocycles. The second-order valence-electron chi connectivity index (χ2n) is 2.15. The van der Waals surface area contributed by atoms with E-state index in [0.717, 1.165) is 0 Å². The van der Waals surface area contributed by atoms with Crippen LogP contribution in [0.4, 0.5) is 4.79 Å². The molecule has 0 aliphatic carbocycles. The molecule has 1 fully saturated rings. The average Bonchev–Trinajstić information content (AvgIpc) is 2.09. The van der Waals surface area contributed by atoms with Gasteiger partial charge in [0.05, 0.1) is 0 Å². The first-order valence-corrected chi connectivity index (χ1v) is 2.63. The van der Waals surface area contributed by atoms with E-state index in [1.807, 2.05) is 5.32 Å². The van der Waals surface area contributed by atoms with E-state index in [2.05, 4.69) is 5.32 Å². The number of carbonyl (C=O) groups is 2. The van der Waals surface area contributed by atoms with E-state index < -0.39 is 17.5 Å². The van der Waals surface area contributed by atoms with Gasteiger partial charge in [-0.2, -0.15) is 5.26 Å². The lowest BCUT2D eigenvalue weighted by Gasteiger charge is -2.07. The summed E-state index contributed by atoms with van der Waals surface area (Å²) >= 11 is 0. The van der Waals surface area contributed by atoms with Crippen molar-refractivity contribution in [3.8, 4) is 6.07 Å². The third-order valence-corrected chi connectivity index (χ3v) is 1.27. The summed E-state index contributed by atoms with van der Waals surface area (Å²) in [6, 6.07) is 1.06. The predicted octanol–water partition coefficient (Wildman–Crippen LogP) is -0.892. The molecule has 0 bridgehead atoms. The number of hydrogen-bond donors (Lipinski definition) is 2. The number of nitrogens with one attached hydrogen (secondary N) is 2. The highest BCUT2D eigenvalue weighted by atomic mass is 16.2. The molecule has 0 aromatic rings. The van der Waals surface area contributed by atoms with Gasteiger partial charge in [-0.25, -0.2) is 4.79 Å². The lowest BCUT2D eigenvalue weighted by atomic mass is 10.1. The van der Waals surface area contributed by atoms with Gasteiger partial charge in [0.25, 0.3) is 5.91 Å². The zero-order valence-electron chi connectivity index (χ0n) is 5.26. The van der Waals surface area contributed by atoms with Crippen molar-refractivity contribution in [1.82, 2.24) is 10.6 Å². The van der Waals surface area contributed by atoms with E-state index in [9.17, 15) is 9.59 Å². The van der Waals surface area contributed by atoms with Crippen molar-refractivity contribution < 1.29 is 9.59 Å². The monoisotopic (exact) mass is 139 g/mol. The van der Waals surface area contributed by atoms with Crippen LogP contribution in [-0.2, 0) is 4.79 Å². The maximum Gasteiger partial charge on any atom is 0.323 e. The van der Waals surface area contributed by atoms with Gasteiger partial charge < -0.3 is 5.32 Å². The van der Waals surface area contributed by atoms with E-state index >= 15 is 0 Å². The summed E-state index contributed by atoms with van der Waals surface area (Å²) in [6.07, 6.45) is 0. The van der Waals surface area contributed by atoms with Gasteiger partial charge in [-0.05, 0) is 6.92 Å². The molecule has 0 radical (unpaired) electrons. The fourth-order valence-corrected chi connectivity index (χ4v) is 0.622. The van der Waals surface area contributed by atoms with E-state index in [1.165, 1.54) is 6.92 Å². The molecule has 3 amide bonds. The molecule has 10 heavy (non-hydrogen) atoms. The molecule has 0 aromatic heterocycles. The average molecular weight is 139 g/mol. The SMILES string of the molecule is CC1(C#N)NC(=O)NC1=O. The van der Waals surface area contributed by atoms with Crippen LogP contribution in [0.5, 0.6) is 0 Å². The Morgan fingerprint density at radius 2 is 2.20 bits per heavy atom. The number of hydrogen-bond acceptors (Lipinski definition) is 3. The van der Waals surface area contributed by atoms with Gasteiger partial charge in [0.1, 0.15) is 6.07 Å². The Kier molecular flexibility index (Phi) is 1.12. The van der Waals surface area contributed by atoms with Crippen molar-refractivity contribution in [2.75, 3.05) is 0 Å². The number of nitriles is 1. The van der Waals surface area contributed by atoms with Gasteiger partial charge in [-0.1, -0.05) is 0 Å². The predicted molar refractivity (Wildman–Crippen MR) is 30.7 cm³/mol. The number of urea groups is 1. The number of carbonyl (C=O) groups excluding carboxylic acids is 2. The first kappa shape index (κ1) is 6.55. The molecule has 52 valence electrons. The topological polar surface area (TPSA) is 82.0 Å². The summed E-state index contributed by atoms with van der Waals surface area (Å²) in [6.45, 7) is 1.34. The van der Waals surface area contributed by atoms with Crippen LogP contribution in [0, 0.1) is 11.3 Å². The van der Waals surface area contributed by atoms with Crippen molar-refractivity contribution in [3.05, 3.63) is 0 Å². The van der Waals surface area contributed by atoms with Crippen LogP contribution >= 0.6 is 0 Å². The smallest absolute Gasteiger partial charge is 0.312 e. The molecular weight excluding hydrogens is 134 g/mol. The Bertz CT molecular complexity index is 242. The standard InChI is InChI=1S/C5H5N3O2/c1-5(2-6)3(9)7-4(10)8-5/h1H3,(H2,7,8,9,10). The number of amides is 3. The van der Waals surface area contributed by atoms with Crippen molar-refractivity contribution in [3.63, 3.8) is 0 Å². The van der Waals surface area contributed by atoms with Crippen molar-refractivity contribution in [2.45, 2.75) is 12.5 Å². The zero-order valence-corrected chi connectivity index (χ0v) is 5.26. The van der Waals surface area contributed by atoms with E-state index in [4.69, 9.17) is 5.26 Å². The summed E-state index contributed by atoms with van der Waals surface area (Å²) in [4.78, 5) is 21.2. The van der Waals surface area contributed by atoms with Gasteiger partial charge in [0.2, 0.25) is 5.54 Å². The highest BCUT2D eigenvalue weighted by Gasteiger charge is 2.42. The van der Waals surface area contributed by atoms with Crippen LogP contribution in [-0.4, -0.2) is 17.5 Å². The van der Waals surface area contributed by atoms with E-state index in [1.54, 1.807) is 6.07 Å². The van der Waals surface area contributed by atoms with E-state index in [0.29, 0.717) is 0 Å². The van der Waals surface area contributed by atoms with Gasteiger partial charge in [-0.15, -0.1) is 0 Å². The number of nitrogens with zero attached hydrogens (tertiary/aromatic N) is 1. The van der Waals surface area contributed by atoms with Crippen LogP contribution in [0.2, 0.25) is 0 Å². The Morgan fingerprint density at radius 1 is 1.60 bits per heavy atom. The molecular formula is C5H5N3O2. The molecule has 1 heterocycles. The molecule has 1 saturated heterocycles. The van der Waals surface area contributed by atoms with Crippen LogP contribution < -0.4 is 10.6 Å². The largest absolute Gasteiger partial charge is 0.323 e. The van der Waals surface area contributed by atoms with E-state index in [-0.39, 0.29) is 0 Å². The summed E-state index contributed by atoms with van der Waals surface area (Å²) in [7, 11) is 0. The third kappa shape index (κ3) is 0.702. The molecule has 0 aromatic carbocycles. The quantitative estimate of drug-likeness (QED) is 0.427. The highest BCUT2D eigenvalue weighted by Crippen LogP contribution is 2.06. The maximum absolute atomic E-state index is 10.7. The fraction of sp³-hybridized carbons (Fsp3) is 0.400. The minimum absolute atomic E-state index is 0.597. The molecule has 1 aliphatic rings. The van der Waals surface area contributed by atoms with Crippen molar-refractivity contribution >= 4 is 11.9 Å². The highest BCUT2D eigenvalue weighted by molar-refractivity contribution is 6.08. The molecule has 0 saturated carbocycles. The van der Waals surface area contributed by atoms with Gasteiger partial charge in [0, 0.05) is 0 Å². The molecule has 0 spiro atoms. The normalized spacial score (nSPS) is 30.8. The number of rotatable bonds is 0. The van der Waals surface area contributed by atoms with Gasteiger partial charge >= 0.3 is 6.03 Å². The molecule has 5 heteroatoms. The molecule has 5 nitrogen and oxygen atoms in total. The maximum atomic E-state index is 10.7. The zero-order chi connectivity index (χ0) is 7.78. The second-order valence-corrected chi connectivity index (χ2v) is 2.15. The Balaban J connectivity index is 2.94. The Morgan fingerprint density at radius 3 is 2.40 bits per heavy atom. The van der Waals surface area contributed by atoms with Crippen LogP contribution in [0.1, 0.15) is 6.92 Å². The van der Waals surface area contributed by atoms with Crippen molar-refractivity contribution in [2.24, 2.45) is 0 Å². The van der Waals surface area contributed by atoms with Crippen LogP contribution in [0.3, 0.4) is 0 Å². The summed E-state index contributed by atoms with van der Waals surface area (Å²) in [5, 5.41) is 12.5. The molecule has 1 atom stereocenters. The molecule has 1 unspecified atom stereocenters. The van der Waals surface area contributed by atoms with Crippen molar-refractivity contribution in [1.29, 1.82) is 5.26 Å². The fourth-order valence-electron chi connectivity index (χ4n) is 0.622. The lowest BCUT2D eigenvalue weighted by molar-refractivity contribution is -0.121. The first-order valence-electron chi connectivity index (χ1n) is 2.63. The summed E-state index contributed by atoms with van der Waals surface area (Å²) < 4.78 is 0. The first-order chi connectivity index (χ1) is 4.58. The second kappa shape index (κ2) is 1.70. The third-order valence-electron chi connectivity index (χ3n) is 1.27. The van der Waals surface area contributed by atoms with Gasteiger partial charge in [-0.3, -0.25) is 10.1 Å². The summed E-state index contributed by atoms with van der Waals surface area (Å²) in [5.74, 6) is -0.597. The van der Waals surface area contributed by atoms with Crippen LogP contribution in [0.25, 0.3) is 0 Å². The summed E-state index contributed by atoms with van der Waals surface area (Å²) in [5.41, 5.74) is -1.38. The molecule has 1 rings (SSSR count). The van der Waals surface area contributed by atoms with Gasteiger partial charge in [0.15, 0.2) is 0 Å². The Hall–Kier alpha value is -1.57. The lowest BCUT2D eigenvalue weighted by Crippen LogP contribution is -2.41. The number of imide groups is 1. The molecule has 2 N–H and O–H groups in total. The van der Waals surface area contributed by atoms with Crippen LogP contribution in [0.15, 0.2) is 0 Å². The minimum Gasteiger partial charge on any atom is -0.312 e. The minimum atomic E-state index is -1.38.